The summed E-state index contributed by atoms with van der Waals surface area (Å²) in [4.78, 5) is 6.87. The second-order valence-corrected chi connectivity index (χ2v) is 3.67. The van der Waals surface area contributed by atoms with Crippen molar-refractivity contribution in [3.05, 3.63) is 23.4 Å². The van der Waals surface area contributed by atoms with Crippen LogP contribution >= 0.6 is 12.2 Å². The second kappa shape index (κ2) is 4.37. The summed E-state index contributed by atoms with van der Waals surface area (Å²) < 4.78 is 0. The van der Waals surface area contributed by atoms with Crippen molar-refractivity contribution in [2.45, 2.75) is 13.8 Å². The van der Waals surface area contributed by atoms with Crippen LogP contribution < -0.4 is 10.6 Å². The molecule has 1 heterocycles. The minimum atomic E-state index is 0.418. The van der Waals surface area contributed by atoms with Crippen molar-refractivity contribution in [1.82, 2.24) is 4.98 Å². The van der Waals surface area contributed by atoms with Crippen LogP contribution in [-0.2, 0) is 0 Å². The molecule has 0 unspecified atom stereocenters. The van der Waals surface area contributed by atoms with E-state index in [9.17, 15) is 0 Å². The van der Waals surface area contributed by atoms with E-state index in [2.05, 4.69) is 16.8 Å². The van der Waals surface area contributed by atoms with Crippen LogP contribution in [0.4, 0.5) is 5.82 Å². The lowest BCUT2D eigenvalue weighted by Crippen LogP contribution is -2.19. The molecule has 1 aromatic heterocycles. The zero-order valence-corrected chi connectivity index (χ0v) is 9.56. The third kappa shape index (κ3) is 2.42. The maximum absolute atomic E-state index is 5.58. The molecule has 0 aliphatic rings. The van der Waals surface area contributed by atoms with Gasteiger partial charge in [0.15, 0.2) is 0 Å². The Bertz CT molecular complexity index is 349. The van der Waals surface area contributed by atoms with Gasteiger partial charge in [0.2, 0.25) is 0 Å². The summed E-state index contributed by atoms with van der Waals surface area (Å²) in [6.07, 6.45) is 0. The minimum Gasteiger partial charge on any atom is -0.389 e. The number of nitrogens with zero attached hydrogens (tertiary/aromatic N) is 2. The van der Waals surface area contributed by atoms with E-state index >= 15 is 0 Å². The summed E-state index contributed by atoms with van der Waals surface area (Å²) in [5.41, 5.74) is 7.39. The van der Waals surface area contributed by atoms with E-state index in [0.717, 1.165) is 23.6 Å². The van der Waals surface area contributed by atoms with Crippen LogP contribution in [0.2, 0.25) is 0 Å². The normalized spacial score (nSPS) is 9.93. The van der Waals surface area contributed by atoms with E-state index in [1.165, 1.54) is 0 Å². The number of anilines is 1. The SMILES string of the molecule is CCN(C)c1cc(C(N)=S)cc(C)n1. The molecule has 76 valence electrons. The maximum atomic E-state index is 5.58. The van der Waals surface area contributed by atoms with Crippen molar-refractivity contribution in [2.75, 3.05) is 18.5 Å². The highest BCUT2D eigenvalue weighted by Crippen LogP contribution is 2.13. The van der Waals surface area contributed by atoms with Gasteiger partial charge in [-0.15, -0.1) is 0 Å². The topological polar surface area (TPSA) is 42.1 Å². The molecule has 0 saturated carbocycles. The Labute approximate surface area is 89.9 Å². The van der Waals surface area contributed by atoms with Gasteiger partial charge in [-0.3, -0.25) is 0 Å². The van der Waals surface area contributed by atoms with Crippen LogP contribution in [0.25, 0.3) is 0 Å². The van der Waals surface area contributed by atoms with Gasteiger partial charge in [-0.2, -0.15) is 0 Å². The quantitative estimate of drug-likeness (QED) is 0.766. The van der Waals surface area contributed by atoms with Crippen LogP contribution in [0, 0.1) is 6.92 Å². The lowest BCUT2D eigenvalue weighted by molar-refractivity contribution is 0.930. The first-order chi connectivity index (χ1) is 6.54. The van der Waals surface area contributed by atoms with Gasteiger partial charge in [-0.25, -0.2) is 4.98 Å². The molecule has 0 fully saturated rings. The Morgan fingerprint density at radius 3 is 2.71 bits per heavy atom. The number of aryl methyl sites for hydroxylation is 1. The lowest BCUT2D eigenvalue weighted by Gasteiger charge is -2.16. The minimum absolute atomic E-state index is 0.418. The molecule has 14 heavy (non-hydrogen) atoms. The molecule has 0 saturated heterocycles. The zero-order chi connectivity index (χ0) is 10.7. The van der Waals surface area contributed by atoms with Gasteiger partial charge in [0.05, 0.1) is 0 Å². The molecule has 2 N–H and O–H groups in total. The van der Waals surface area contributed by atoms with E-state index < -0.39 is 0 Å². The highest BCUT2D eigenvalue weighted by molar-refractivity contribution is 7.80. The van der Waals surface area contributed by atoms with E-state index in [-0.39, 0.29) is 0 Å². The molecule has 0 bridgehead atoms. The number of hydrogen-bond acceptors (Lipinski definition) is 3. The van der Waals surface area contributed by atoms with E-state index in [0.29, 0.717) is 4.99 Å². The molecular formula is C10H15N3S. The number of hydrogen-bond donors (Lipinski definition) is 1. The largest absolute Gasteiger partial charge is 0.389 e. The predicted octanol–water partition coefficient (Wildman–Crippen LogP) is 1.48. The fourth-order valence-corrected chi connectivity index (χ4v) is 1.27. The summed E-state index contributed by atoms with van der Waals surface area (Å²) >= 11 is 4.94. The van der Waals surface area contributed by atoms with Crippen molar-refractivity contribution < 1.29 is 0 Å². The molecule has 0 aromatic carbocycles. The van der Waals surface area contributed by atoms with Crippen LogP contribution in [-0.4, -0.2) is 23.6 Å². The predicted molar refractivity (Wildman–Crippen MR) is 63.8 cm³/mol. The zero-order valence-electron chi connectivity index (χ0n) is 8.74. The third-order valence-electron chi connectivity index (χ3n) is 2.09. The van der Waals surface area contributed by atoms with Gasteiger partial charge in [0.1, 0.15) is 10.8 Å². The van der Waals surface area contributed by atoms with Gasteiger partial charge >= 0.3 is 0 Å². The lowest BCUT2D eigenvalue weighted by atomic mass is 10.2. The van der Waals surface area contributed by atoms with Gasteiger partial charge in [0, 0.05) is 24.8 Å². The van der Waals surface area contributed by atoms with E-state index in [1.54, 1.807) is 0 Å². The summed E-state index contributed by atoms with van der Waals surface area (Å²) in [6, 6.07) is 3.81. The van der Waals surface area contributed by atoms with Crippen LogP contribution in [0.15, 0.2) is 12.1 Å². The van der Waals surface area contributed by atoms with Gasteiger partial charge in [-0.05, 0) is 26.0 Å². The highest BCUT2D eigenvalue weighted by Gasteiger charge is 2.04. The average Bonchev–Trinajstić information content (AvgIpc) is 2.15. The Hall–Kier alpha value is -1.16. The summed E-state index contributed by atoms with van der Waals surface area (Å²) in [7, 11) is 1.99. The Morgan fingerprint density at radius 2 is 2.21 bits per heavy atom. The standard InChI is InChI=1S/C10H15N3S/c1-4-13(3)9-6-8(10(11)14)5-7(2)12-9/h5-6H,4H2,1-3H3,(H2,11,14). The van der Waals surface area contributed by atoms with Crippen LogP contribution in [0.5, 0.6) is 0 Å². The second-order valence-electron chi connectivity index (χ2n) is 3.23. The first-order valence-electron chi connectivity index (χ1n) is 4.54. The van der Waals surface area contributed by atoms with Crippen molar-refractivity contribution >= 4 is 23.0 Å². The fraction of sp³-hybridized carbons (Fsp3) is 0.400. The monoisotopic (exact) mass is 209 g/mol. The Kier molecular flexibility index (Phi) is 3.41. The number of aromatic nitrogens is 1. The van der Waals surface area contributed by atoms with Crippen molar-refractivity contribution in [3.63, 3.8) is 0 Å². The molecule has 0 spiro atoms. The highest BCUT2D eigenvalue weighted by atomic mass is 32.1. The maximum Gasteiger partial charge on any atom is 0.129 e. The molecule has 0 aliphatic heterocycles. The smallest absolute Gasteiger partial charge is 0.129 e. The Morgan fingerprint density at radius 1 is 1.57 bits per heavy atom. The summed E-state index contributed by atoms with van der Waals surface area (Å²) in [5.74, 6) is 0.912. The van der Waals surface area contributed by atoms with E-state index in [1.807, 2.05) is 26.1 Å². The summed E-state index contributed by atoms with van der Waals surface area (Å²) in [6.45, 7) is 4.92. The number of nitrogens with two attached hydrogens (primary N) is 1. The molecule has 0 atom stereocenters. The van der Waals surface area contributed by atoms with Crippen molar-refractivity contribution in [1.29, 1.82) is 0 Å². The Balaban J connectivity index is 3.13. The van der Waals surface area contributed by atoms with E-state index in [4.69, 9.17) is 18.0 Å². The average molecular weight is 209 g/mol. The molecule has 4 heteroatoms. The van der Waals surface area contributed by atoms with Crippen molar-refractivity contribution in [2.24, 2.45) is 5.73 Å². The van der Waals surface area contributed by atoms with Crippen LogP contribution in [0.3, 0.4) is 0 Å². The van der Waals surface area contributed by atoms with Gasteiger partial charge in [0.25, 0.3) is 0 Å². The molecular weight excluding hydrogens is 194 g/mol. The molecule has 3 nitrogen and oxygen atoms in total. The molecule has 0 amide bonds. The summed E-state index contributed by atoms with van der Waals surface area (Å²) in [5, 5.41) is 0. The van der Waals surface area contributed by atoms with Crippen molar-refractivity contribution in [3.8, 4) is 0 Å². The number of pyridine rings is 1. The van der Waals surface area contributed by atoms with Gasteiger partial charge in [-0.1, -0.05) is 12.2 Å². The first-order valence-corrected chi connectivity index (χ1v) is 4.95. The number of thiocarbonyl (C=S) groups is 1. The molecule has 1 aromatic rings. The fourth-order valence-electron chi connectivity index (χ4n) is 1.15. The van der Waals surface area contributed by atoms with Gasteiger partial charge < -0.3 is 10.6 Å². The molecule has 0 radical (unpaired) electrons. The molecule has 0 aliphatic carbocycles. The van der Waals surface area contributed by atoms with Crippen LogP contribution in [0.1, 0.15) is 18.2 Å². The third-order valence-corrected chi connectivity index (χ3v) is 2.33. The first kappa shape index (κ1) is 10.9. The number of rotatable bonds is 3. The molecule has 1 rings (SSSR count).